The Hall–Kier alpha value is -4.22. The van der Waals surface area contributed by atoms with Crippen LogP contribution in [0.25, 0.3) is 11.4 Å². The number of carbonyl (C=O) groups excluding carboxylic acids is 2. The van der Waals surface area contributed by atoms with E-state index in [4.69, 9.17) is 37.7 Å². The van der Waals surface area contributed by atoms with Crippen LogP contribution in [0.1, 0.15) is 41.6 Å². The summed E-state index contributed by atoms with van der Waals surface area (Å²) >= 11 is 12.5. The second-order valence-electron chi connectivity index (χ2n) is 9.47. The van der Waals surface area contributed by atoms with Crippen molar-refractivity contribution in [3.8, 4) is 23.3 Å². The molecule has 0 fully saturated rings. The smallest absolute Gasteiger partial charge is 0.319 e. The number of aromatic nitrogens is 4. The van der Waals surface area contributed by atoms with Crippen LogP contribution in [0.5, 0.6) is 11.9 Å². The molecule has 0 saturated carbocycles. The van der Waals surface area contributed by atoms with Crippen LogP contribution >= 0.6 is 23.2 Å². The van der Waals surface area contributed by atoms with Crippen molar-refractivity contribution in [2.45, 2.75) is 25.4 Å². The molecule has 2 aromatic carbocycles. The van der Waals surface area contributed by atoms with Gasteiger partial charge in [-0.1, -0.05) is 29.3 Å². The van der Waals surface area contributed by atoms with Gasteiger partial charge in [0.2, 0.25) is 5.88 Å². The maximum absolute atomic E-state index is 15.4. The molecule has 2 aliphatic rings. The van der Waals surface area contributed by atoms with Gasteiger partial charge < -0.3 is 19.4 Å². The number of nitrogens with one attached hydrogen (secondary N) is 1. The molecule has 204 valence electrons. The largest absolute Gasteiger partial charge is 0.480 e. The SMILES string of the molecule is COc1ncc(-c2nc3c(n2C(C)C)[C@@]2(C(=O)Nc4cc(Cl)ccc42)N(c2cc(Cl)ccc2F)C3=O)c(OC)n1. The number of nitrogens with zero attached hydrogens (tertiary/aromatic N) is 5. The number of carbonyl (C=O) groups is 2. The van der Waals surface area contributed by atoms with E-state index in [1.165, 1.54) is 32.5 Å². The summed E-state index contributed by atoms with van der Waals surface area (Å²) in [5.74, 6) is -1.57. The van der Waals surface area contributed by atoms with Crippen LogP contribution in [-0.4, -0.2) is 45.6 Å². The number of rotatable bonds is 5. The fourth-order valence-electron chi connectivity index (χ4n) is 5.42. The van der Waals surface area contributed by atoms with E-state index in [9.17, 15) is 9.59 Å². The molecule has 0 unspecified atom stereocenters. The molecule has 1 atom stereocenters. The molecule has 13 heteroatoms. The van der Waals surface area contributed by atoms with Gasteiger partial charge in [0.15, 0.2) is 11.2 Å². The quantitative estimate of drug-likeness (QED) is 0.342. The average Bonchev–Trinajstić information content (AvgIpc) is 3.53. The van der Waals surface area contributed by atoms with Crippen LogP contribution in [0.15, 0.2) is 42.6 Å². The van der Waals surface area contributed by atoms with E-state index in [0.29, 0.717) is 21.8 Å². The summed E-state index contributed by atoms with van der Waals surface area (Å²) < 4.78 is 27.8. The summed E-state index contributed by atoms with van der Waals surface area (Å²) in [6, 6.07) is 8.38. The minimum Gasteiger partial charge on any atom is -0.480 e. The molecule has 4 heterocycles. The first-order valence-electron chi connectivity index (χ1n) is 12.1. The Bertz CT molecular complexity index is 1740. The Balaban J connectivity index is 1.73. The first-order chi connectivity index (χ1) is 19.1. The van der Waals surface area contributed by atoms with Crippen LogP contribution in [-0.2, 0) is 10.3 Å². The molecule has 0 radical (unpaired) electrons. The van der Waals surface area contributed by atoms with Crippen molar-refractivity contribution in [1.82, 2.24) is 19.5 Å². The number of fused-ring (bicyclic) bond motifs is 4. The molecule has 10 nitrogen and oxygen atoms in total. The lowest BCUT2D eigenvalue weighted by atomic mass is 9.87. The Morgan fingerprint density at radius 2 is 1.75 bits per heavy atom. The minimum atomic E-state index is -1.84. The van der Waals surface area contributed by atoms with Gasteiger partial charge in [0.25, 0.3) is 11.8 Å². The van der Waals surface area contributed by atoms with E-state index in [1.54, 1.807) is 22.8 Å². The van der Waals surface area contributed by atoms with Crippen molar-refractivity contribution in [3.63, 3.8) is 0 Å². The highest BCUT2D eigenvalue weighted by molar-refractivity contribution is 6.32. The van der Waals surface area contributed by atoms with Crippen molar-refractivity contribution in [2.24, 2.45) is 0 Å². The number of hydrogen-bond donors (Lipinski definition) is 1. The number of imidazole rings is 1. The fraction of sp³-hybridized carbons (Fsp3) is 0.222. The van der Waals surface area contributed by atoms with Crippen molar-refractivity contribution in [3.05, 3.63) is 75.4 Å². The number of hydrogen-bond acceptors (Lipinski definition) is 7. The number of halogens is 3. The van der Waals surface area contributed by atoms with E-state index in [0.717, 1.165) is 11.0 Å². The van der Waals surface area contributed by atoms with Gasteiger partial charge in [-0.3, -0.25) is 14.5 Å². The highest BCUT2D eigenvalue weighted by Crippen LogP contribution is 2.55. The third-order valence-electron chi connectivity index (χ3n) is 6.96. The molecule has 0 saturated heterocycles. The van der Waals surface area contributed by atoms with Gasteiger partial charge >= 0.3 is 6.01 Å². The van der Waals surface area contributed by atoms with Gasteiger partial charge in [0.05, 0.1) is 31.2 Å². The molecular formula is C27H21Cl2FN6O4. The summed E-state index contributed by atoms with van der Waals surface area (Å²) in [6.45, 7) is 3.75. The number of methoxy groups -OCH3 is 2. The lowest BCUT2D eigenvalue weighted by molar-refractivity contribution is -0.119. The lowest BCUT2D eigenvalue weighted by Crippen LogP contribution is -2.51. The highest BCUT2D eigenvalue weighted by atomic mass is 35.5. The van der Waals surface area contributed by atoms with Crippen molar-refractivity contribution in [1.29, 1.82) is 0 Å². The first kappa shape index (κ1) is 26.0. The molecule has 2 aliphatic heterocycles. The Morgan fingerprint density at radius 3 is 2.45 bits per heavy atom. The Kier molecular flexibility index (Phi) is 5.97. The zero-order valence-corrected chi connectivity index (χ0v) is 23.1. The van der Waals surface area contributed by atoms with E-state index >= 15 is 4.39 Å². The van der Waals surface area contributed by atoms with Crippen molar-refractivity contribution < 1.29 is 23.5 Å². The lowest BCUT2D eigenvalue weighted by Gasteiger charge is -2.35. The summed E-state index contributed by atoms with van der Waals surface area (Å²) in [7, 11) is 2.86. The molecule has 0 aliphatic carbocycles. The molecule has 4 aromatic rings. The topological polar surface area (TPSA) is 111 Å². The van der Waals surface area contributed by atoms with Crippen molar-refractivity contribution >= 4 is 46.4 Å². The van der Waals surface area contributed by atoms with Crippen LogP contribution in [0, 0.1) is 5.82 Å². The van der Waals surface area contributed by atoms with Gasteiger partial charge in [-0.2, -0.15) is 4.98 Å². The summed E-state index contributed by atoms with van der Waals surface area (Å²) in [5.41, 5.74) is -0.653. The Morgan fingerprint density at radius 1 is 1.02 bits per heavy atom. The average molecular weight is 583 g/mol. The summed E-state index contributed by atoms with van der Waals surface area (Å²) in [6.07, 6.45) is 1.47. The summed E-state index contributed by atoms with van der Waals surface area (Å²) in [4.78, 5) is 42.7. The molecule has 1 N–H and O–H groups in total. The molecule has 1 spiro atoms. The van der Waals surface area contributed by atoms with Crippen LogP contribution in [0.4, 0.5) is 15.8 Å². The maximum atomic E-state index is 15.4. The first-order valence-corrected chi connectivity index (χ1v) is 12.9. The van der Waals surface area contributed by atoms with Gasteiger partial charge in [-0.05, 0) is 44.2 Å². The monoisotopic (exact) mass is 582 g/mol. The van der Waals surface area contributed by atoms with E-state index in [1.807, 2.05) is 13.8 Å². The van der Waals surface area contributed by atoms with Gasteiger partial charge in [-0.25, -0.2) is 14.4 Å². The number of amides is 2. The van der Waals surface area contributed by atoms with Crippen LogP contribution in [0.2, 0.25) is 10.0 Å². The third-order valence-corrected chi connectivity index (χ3v) is 7.43. The molecule has 6 rings (SSSR count). The fourth-order valence-corrected chi connectivity index (χ4v) is 5.76. The molecule has 0 bridgehead atoms. The number of anilines is 2. The normalized spacial score (nSPS) is 17.4. The maximum Gasteiger partial charge on any atom is 0.319 e. The minimum absolute atomic E-state index is 0.0427. The second kappa shape index (κ2) is 9.17. The van der Waals surface area contributed by atoms with Gasteiger partial charge in [0, 0.05) is 33.5 Å². The van der Waals surface area contributed by atoms with E-state index in [-0.39, 0.29) is 45.9 Å². The highest BCUT2D eigenvalue weighted by Gasteiger charge is 2.64. The molecular weight excluding hydrogens is 562 g/mol. The standard InChI is InChI=1S/C27H21Cl2FN6O4/c1-12(2)35-21-20(33-22(35)15-11-31-26(40-4)34-23(15)39-3)24(37)36(19-10-14(29)6-8-17(19)30)27(21)16-7-5-13(28)9-18(16)32-25(27)38/h5-12H,1-4H3,(H,32,38)/t27-/m0/s1. The van der Waals surface area contributed by atoms with Gasteiger partial charge in [-0.15, -0.1) is 0 Å². The van der Waals surface area contributed by atoms with E-state index in [2.05, 4.69) is 15.3 Å². The number of ether oxygens (including phenoxy) is 2. The zero-order valence-electron chi connectivity index (χ0n) is 21.6. The predicted octanol–water partition coefficient (Wildman–Crippen LogP) is 5.24. The van der Waals surface area contributed by atoms with Crippen LogP contribution in [0.3, 0.4) is 0 Å². The summed E-state index contributed by atoms with van der Waals surface area (Å²) in [5, 5.41) is 3.40. The molecule has 2 amide bonds. The number of benzene rings is 2. The molecule has 2 aromatic heterocycles. The zero-order chi connectivity index (χ0) is 28.5. The molecule has 40 heavy (non-hydrogen) atoms. The van der Waals surface area contributed by atoms with E-state index < -0.39 is 23.2 Å². The van der Waals surface area contributed by atoms with Crippen LogP contribution < -0.4 is 19.7 Å². The Labute approximate surface area is 237 Å². The van der Waals surface area contributed by atoms with Gasteiger partial charge in [0.1, 0.15) is 11.6 Å². The predicted molar refractivity (Wildman–Crippen MR) is 146 cm³/mol. The van der Waals surface area contributed by atoms with Crippen molar-refractivity contribution in [2.75, 3.05) is 24.4 Å². The third kappa shape index (κ3) is 3.44. The second-order valence-corrected chi connectivity index (χ2v) is 10.3.